The third-order valence-corrected chi connectivity index (χ3v) is 5.79. The first-order valence-electron chi connectivity index (χ1n) is 13.7. The van der Waals surface area contributed by atoms with Gasteiger partial charge in [0.1, 0.15) is 49.5 Å². The highest BCUT2D eigenvalue weighted by atomic mass is 16.7. The molecule has 2 rings (SSSR count). The Morgan fingerprint density at radius 3 is 2.35 bits per heavy atom. The monoisotopic (exact) mass is 599 g/mol. The first kappa shape index (κ1) is 35.0. The highest BCUT2D eigenvalue weighted by Gasteiger charge is 2.60. The third-order valence-electron chi connectivity index (χ3n) is 5.79. The molecule has 1 aromatic carbocycles. The van der Waals surface area contributed by atoms with E-state index in [1.165, 1.54) is 30.4 Å². The van der Waals surface area contributed by atoms with Crippen molar-refractivity contribution in [2.45, 2.75) is 63.9 Å². The van der Waals surface area contributed by atoms with Gasteiger partial charge in [-0.15, -0.1) is 0 Å². The van der Waals surface area contributed by atoms with Crippen molar-refractivity contribution in [1.82, 2.24) is 5.32 Å². The number of benzene rings is 1. The molecule has 1 aromatic rings. The van der Waals surface area contributed by atoms with Crippen LogP contribution in [0.4, 0.5) is 4.79 Å². The topological polar surface area (TPSA) is 147 Å². The second-order valence-electron chi connectivity index (χ2n) is 11.5. The average molecular weight is 600 g/mol. The Bertz CT molecular complexity index is 1270. The van der Waals surface area contributed by atoms with E-state index in [-0.39, 0.29) is 31.1 Å². The lowest BCUT2D eigenvalue weighted by Gasteiger charge is -2.51. The van der Waals surface area contributed by atoms with E-state index in [4.69, 9.17) is 23.7 Å². The Morgan fingerprint density at radius 1 is 1.05 bits per heavy atom. The van der Waals surface area contributed by atoms with E-state index in [0.29, 0.717) is 23.9 Å². The van der Waals surface area contributed by atoms with Crippen LogP contribution in [0.25, 0.3) is 0 Å². The number of carbonyl (C=O) groups excluding carboxylic acids is 3. The SMILES string of the molecule is C=CCOc1ccc(OCCNC(=O)OC(C)(C)C)cc1C1(C=CC=O)C=CC=C(C(=O)O)C1(OCC=O)OC(C)(C)C. The maximum Gasteiger partial charge on any atom is 0.407 e. The number of ether oxygens (including phenoxy) is 5. The lowest BCUT2D eigenvalue weighted by Crippen LogP contribution is -2.60. The molecule has 0 heterocycles. The number of hydrogen-bond donors (Lipinski definition) is 2. The van der Waals surface area contributed by atoms with Gasteiger partial charge in [-0.1, -0.05) is 30.9 Å². The summed E-state index contributed by atoms with van der Waals surface area (Å²) in [6.45, 7) is 13.8. The number of carboxylic acids is 1. The zero-order valence-corrected chi connectivity index (χ0v) is 25.5. The molecule has 0 bridgehead atoms. The van der Waals surface area contributed by atoms with Gasteiger partial charge in [-0.2, -0.15) is 0 Å². The Hall–Kier alpha value is -4.22. The molecule has 0 spiro atoms. The van der Waals surface area contributed by atoms with Crippen LogP contribution < -0.4 is 14.8 Å². The van der Waals surface area contributed by atoms with Crippen molar-refractivity contribution < 1.29 is 48.0 Å². The number of carbonyl (C=O) groups is 4. The minimum atomic E-state index is -2.16. The second kappa shape index (κ2) is 14.8. The molecule has 11 nitrogen and oxygen atoms in total. The Morgan fingerprint density at radius 2 is 1.77 bits per heavy atom. The maximum absolute atomic E-state index is 12.7. The molecule has 2 atom stereocenters. The van der Waals surface area contributed by atoms with E-state index in [9.17, 15) is 24.3 Å². The number of amides is 1. The number of aliphatic carboxylic acids is 1. The van der Waals surface area contributed by atoms with Crippen molar-refractivity contribution in [2.24, 2.45) is 0 Å². The molecule has 1 aliphatic carbocycles. The molecule has 11 heteroatoms. The average Bonchev–Trinajstić information content (AvgIpc) is 2.91. The van der Waals surface area contributed by atoms with Crippen molar-refractivity contribution in [3.63, 3.8) is 0 Å². The quantitative estimate of drug-likeness (QED) is 0.0974. The first-order valence-corrected chi connectivity index (χ1v) is 13.7. The molecule has 2 unspecified atom stereocenters. The second-order valence-corrected chi connectivity index (χ2v) is 11.5. The van der Waals surface area contributed by atoms with E-state index in [0.717, 1.165) is 0 Å². The normalized spacial score (nSPS) is 20.2. The summed E-state index contributed by atoms with van der Waals surface area (Å²) in [5.74, 6) is -2.92. The van der Waals surface area contributed by atoms with Crippen LogP contribution in [-0.2, 0) is 34.0 Å². The highest BCUT2D eigenvalue weighted by molar-refractivity contribution is 5.91. The zero-order chi connectivity index (χ0) is 32.3. The fourth-order valence-electron chi connectivity index (χ4n) is 4.45. The lowest BCUT2D eigenvalue weighted by molar-refractivity contribution is -0.273. The minimum Gasteiger partial charge on any atom is -0.492 e. The van der Waals surface area contributed by atoms with Gasteiger partial charge >= 0.3 is 12.1 Å². The summed E-state index contributed by atoms with van der Waals surface area (Å²) in [5, 5.41) is 13.0. The first-order chi connectivity index (χ1) is 20.1. The molecule has 0 aromatic heterocycles. The van der Waals surface area contributed by atoms with Crippen molar-refractivity contribution in [2.75, 3.05) is 26.4 Å². The van der Waals surface area contributed by atoms with Gasteiger partial charge in [0.2, 0.25) is 5.79 Å². The fraction of sp³-hybridized carbons (Fsp3) is 0.438. The van der Waals surface area contributed by atoms with Crippen LogP contribution in [0, 0.1) is 0 Å². The summed E-state index contributed by atoms with van der Waals surface area (Å²) in [5.41, 5.74) is -3.34. The van der Waals surface area contributed by atoms with Gasteiger partial charge in [0.05, 0.1) is 23.1 Å². The van der Waals surface area contributed by atoms with E-state index < -0.39 is 41.1 Å². The summed E-state index contributed by atoms with van der Waals surface area (Å²) < 4.78 is 29.6. The van der Waals surface area contributed by atoms with Crippen LogP contribution in [-0.4, -0.2) is 73.1 Å². The molecular weight excluding hydrogens is 558 g/mol. The molecule has 43 heavy (non-hydrogen) atoms. The number of nitrogens with one attached hydrogen (secondary N) is 1. The third kappa shape index (κ3) is 9.13. The van der Waals surface area contributed by atoms with Crippen LogP contribution in [0.2, 0.25) is 0 Å². The van der Waals surface area contributed by atoms with E-state index >= 15 is 0 Å². The molecule has 1 amide bonds. The predicted molar refractivity (Wildman–Crippen MR) is 159 cm³/mol. The summed E-state index contributed by atoms with van der Waals surface area (Å²) in [6.07, 6.45) is 9.00. The molecule has 1 aliphatic rings. The van der Waals surface area contributed by atoms with Gasteiger partial charge in [-0.3, -0.25) is 4.79 Å². The van der Waals surface area contributed by atoms with Crippen LogP contribution in [0.1, 0.15) is 47.1 Å². The lowest BCUT2D eigenvalue weighted by atomic mass is 9.66. The summed E-state index contributed by atoms with van der Waals surface area (Å²) in [4.78, 5) is 48.0. The molecule has 0 saturated carbocycles. The van der Waals surface area contributed by atoms with Crippen LogP contribution in [0.5, 0.6) is 11.5 Å². The molecule has 0 fully saturated rings. The molecule has 0 saturated heterocycles. The van der Waals surface area contributed by atoms with Gasteiger partial charge < -0.3 is 38.9 Å². The number of hydrogen-bond acceptors (Lipinski definition) is 9. The van der Waals surface area contributed by atoms with Gasteiger partial charge in [-0.25, -0.2) is 9.59 Å². The summed E-state index contributed by atoms with van der Waals surface area (Å²) >= 11 is 0. The molecule has 0 radical (unpaired) electrons. The zero-order valence-electron chi connectivity index (χ0n) is 25.5. The van der Waals surface area contributed by atoms with Gasteiger partial charge in [0.15, 0.2) is 0 Å². The minimum absolute atomic E-state index is 0.0596. The number of rotatable bonds is 15. The number of allylic oxidation sites excluding steroid dienone is 3. The Kier molecular flexibility index (Phi) is 12.0. The largest absolute Gasteiger partial charge is 0.492 e. The van der Waals surface area contributed by atoms with Crippen molar-refractivity contribution in [3.8, 4) is 11.5 Å². The predicted octanol–water partition coefficient (Wildman–Crippen LogP) is 4.46. The maximum atomic E-state index is 12.7. The van der Waals surface area contributed by atoms with Crippen molar-refractivity contribution >= 4 is 24.6 Å². The standard InChI is InChI=1S/C32H41NO10/c1-8-19-40-26-13-12-23(39-20-16-33-28(38)42-29(2,3)4)22-25(26)31(15-10-17-34)14-9-11-24(27(36)37)32(31,41-21-18-35)43-30(5,6)7/h8-15,17-18,22H,1,16,19-21H2,2-7H3,(H,33,38)(H,36,37). The summed E-state index contributed by atoms with van der Waals surface area (Å²) in [7, 11) is 0. The fourth-order valence-corrected chi connectivity index (χ4v) is 4.45. The number of carboxylic acid groups (broad SMARTS) is 1. The van der Waals surface area contributed by atoms with Crippen molar-refractivity contribution in [1.29, 1.82) is 0 Å². The van der Waals surface area contributed by atoms with Crippen molar-refractivity contribution in [3.05, 3.63) is 72.4 Å². The van der Waals surface area contributed by atoms with E-state index in [1.54, 1.807) is 65.8 Å². The smallest absolute Gasteiger partial charge is 0.407 e. The van der Waals surface area contributed by atoms with E-state index in [1.807, 2.05) is 0 Å². The van der Waals surface area contributed by atoms with Crippen LogP contribution in [0.15, 0.2) is 66.8 Å². The Balaban J connectivity index is 2.75. The van der Waals surface area contributed by atoms with E-state index in [2.05, 4.69) is 11.9 Å². The molecule has 2 N–H and O–H groups in total. The molecular formula is C32H41NO10. The van der Waals surface area contributed by atoms with Gasteiger partial charge in [-0.05, 0) is 71.9 Å². The van der Waals surface area contributed by atoms with Gasteiger partial charge in [0.25, 0.3) is 0 Å². The van der Waals surface area contributed by atoms with Crippen LogP contribution in [0.3, 0.4) is 0 Å². The van der Waals surface area contributed by atoms with Crippen LogP contribution >= 0.6 is 0 Å². The highest BCUT2D eigenvalue weighted by Crippen LogP contribution is 2.53. The number of alkyl carbamates (subject to hydrolysis) is 1. The molecule has 234 valence electrons. The Labute approximate surface area is 252 Å². The number of aldehydes is 2. The summed E-state index contributed by atoms with van der Waals surface area (Å²) in [6, 6.07) is 4.84. The van der Waals surface area contributed by atoms with Gasteiger partial charge in [0, 0.05) is 5.56 Å². The molecule has 0 aliphatic heterocycles.